The van der Waals surface area contributed by atoms with E-state index in [-0.39, 0.29) is 5.97 Å². The van der Waals surface area contributed by atoms with Crippen LogP contribution in [0.4, 0.5) is 0 Å². The van der Waals surface area contributed by atoms with Crippen LogP contribution in [0.2, 0.25) is 0 Å². The standard InChI is InChI=1S/C15H18O6/c1-17-11-6-9-8-15(20-4-5-21-15)13(14(16)19-3)10(9)7-12(11)18-2/h6-7,13H,4-5,8H2,1-3H3. The molecule has 0 aromatic heterocycles. The molecule has 1 aliphatic carbocycles. The molecule has 0 amide bonds. The van der Waals surface area contributed by atoms with Crippen molar-refractivity contribution in [2.45, 2.75) is 18.1 Å². The predicted molar refractivity (Wildman–Crippen MR) is 72.6 cm³/mol. The van der Waals surface area contributed by atoms with Crippen LogP contribution in [-0.4, -0.2) is 46.3 Å². The summed E-state index contributed by atoms with van der Waals surface area (Å²) in [4.78, 5) is 12.2. The largest absolute Gasteiger partial charge is 0.493 e. The molecule has 1 unspecified atom stereocenters. The maximum atomic E-state index is 12.2. The van der Waals surface area contributed by atoms with Crippen molar-refractivity contribution in [3.63, 3.8) is 0 Å². The first-order valence-corrected chi connectivity index (χ1v) is 6.75. The highest BCUT2D eigenvalue weighted by Crippen LogP contribution is 2.49. The number of methoxy groups -OCH3 is 3. The van der Waals surface area contributed by atoms with Crippen molar-refractivity contribution < 1.29 is 28.5 Å². The van der Waals surface area contributed by atoms with E-state index in [1.54, 1.807) is 20.3 Å². The normalized spacial score (nSPS) is 22.1. The van der Waals surface area contributed by atoms with Gasteiger partial charge in [0.1, 0.15) is 5.92 Å². The molecule has 1 atom stereocenters. The molecule has 1 spiro atoms. The van der Waals surface area contributed by atoms with Crippen molar-refractivity contribution in [1.82, 2.24) is 0 Å². The quantitative estimate of drug-likeness (QED) is 0.782. The van der Waals surface area contributed by atoms with Crippen LogP contribution in [0, 0.1) is 0 Å². The first-order valence-electron chi connectivity index (χ1n) is 6.75. The summed E-state index contributed by atoms with van der Waals surface area (Å²) in [6.07, 6.45) is 0.489. The fourth-order valence-corrected chi connectivity index (χ4v) is 3.13. The summed E-state index contributed by atoms with van der Waals surface area (Å²) >= 11 is 0. The lowest BCUT2D eigenvalue weighted by Gasteiger charge is -2.27. The fraction of sp³-hybridized carbons (Fsp3) is 0.533. The van der Waals surface area contributed by atoms with Gasteiger partial charge in [0.05, 0.1) is 34.5 Å². The smallest absolute Gasteiger partial charge is 0.318 e. The molecule has 114 valence electrons. The molecule has 3 rings (SSSR count). The van der Waals surface area contributed by atoms with Gasteiger partial charge in [0.25, 0.3) is 0 Å². The molecular formula is C15H18O6. The van der Waals surface area contributed by atoms with Crippen LogP contribution >= 0.6 is 0 Å². The Morgan fingerprint density at radius 3 is 2.33 bits per heavy atom. The number of ether oxygens (including phenoxy) is 5. The number of fused-ring (bicyclic) bond motifs is 1. The number of hydrogen-bond acceptors (Lipinski definition) is 6. The Bertz CT molecular complexity index is 562. The zero-order valence-corrected chi connectivity index (χ0v) is 12.3. The first kappa shape index (κ1) is 14.2. The molecule has 1 aliphatic heterocycles. The van der Waals surface area contributed by atoms with Gasteiger partial charge in [-0.1, -0.05) is 0 Å². The van der Waals surface area contributed by atoms with E-state index in [2.05, 4.69) is 0 Å². The van der Waals surface area contributed by atoms with E-state index in [1.807, 2.05) is 6.07 Å². The van der Waals surface area contributed by atoms with Gasteiger partial charge in [-0.3, -0.25) is 4.79 Å². The average Bonchev–Trinajstić information content (AvgIpc) is 3.09. The number of carbonyl (C=O) groups is 1. The predicted octanol–water partition coefficient (Wildman–Crippen LogP) is 1.26. The van der Waals surface area contributed by atoms with Crippen LogP contribution in [0.3, 0.4) is 0 Å². The van der Waals surface area contributed by atoms with Crippen molar-refractivity contribution in [2.75, 3.05) is 34.5 Å². The van der Waals surface area contributed by atoms with Crippen molar-refractivity contribution in [1.29, 1.82) is 0 Å². The van der Waals surface area contributed by atoms with Crippen LogP contribution in [0.25, 0.3) is 0 Å². The highest BCUT2D eigenvalue weighted by molar-refractivity contribution is 5.82. The van der Waals surface area contributed by atoms with Crippen LogP contribution in [-0.2, 0) is 25.4 Å². The lowest BCUT2D eigenvalue weighted by atomic mass is 9.97. The second-order valence-corrected chi connectivity index (χ2v) is 5.05. The molecule has 6 heteroatoms. The second-order valence-electron chi connectivity index (χ2n) is 5.05. The Balaban J connectivity index is 2.11. The summed E-state index contributed by atoms with van der Waals surface area (Å²) in [5, 5.41) is 0. The minimum Gasteiger partial charge on any atom is -0.493 e. The van der Waals surface area contributed by atoms with Gasteiger partial charge in [-0.2, -0.15) is 0 Å². The second kappa shape index (κ2) is 5.20. The van der Waals surface area contributed by atoms with Crippen LogP contribution in [0.1, 0.15) is 17.0 Å². The van der Waals surface area contributed by atoms with Gasteiger partial charge in [0.2, 0.25) is 0 Å². The fourth-order valence-electron chi connectivity index (χ4n) is 3.13. The Kier molecular flexibility index (Phi) is 3.51. The number of rotatable bonds is 3. The van der Waals surface area contributed by atoms with Crippen molar-refractivity contribution in [3.05, 3.63) is 23.3 Å². The van der Waals surface area contributed by atoms with Gasteiger partial charge in [0, 0.05) is 6.42 Å². The molecule has 0 radical (unpaired) electrons. The average molecular weight is 294 g/mol. The van der Waals surface area contributed by atoms with Gasteiger partial charge in [-0.25, -0.2) is 0 Å². The molecule has 1 saturated heterocycles. The Morgan fingerprint density at radius 1 is 1.14 bits per heavy atom. The number of benzene rings is 1. The third kappa shape index (κ3) is 2.06. The summed E-state index contributed by atoms with van der Waals surface area (Å²) < 4.78 is 27.1. The third-order valence-corrected chi connectivity index (χ3v) is 4.05. The van der Waals surface area contributed by atoms with Gasteiger partial charge in [-0.05, 0) is 23.3 Å². The van der Waals surface area contributed by atoms with E-state index in [0.717, 1.165) is 11.1 Å². The van der Waals surface area contributed by atoms with Gasteiger partial charge in [-0.15, -0.1) is 0 Å². The van der Waals surface area contributed by atoms with E-state index in [1.165, 1.54) is 7.11 Å². The summed E-state index contributed by atoms with van der Waals surface area (Å²) in [6.45, 7) is 0.936. The summed E-state index contributed by atoms with van der Waals surface area (Å²) in [5.74, 6) is -0.759. The van der Waals surface area contributed by atoms with Crippen LogP contribution < -0.4 is 9.47 Å². The first-order chi connectivity index (χ1) is 10.1. The lowest BCUT2D eigenvalue weighted by molar-refractivity contribution is -0.185. The van der Waals surface area contributed by atoms with E-state index in [9.17, 15) is 4.79 Å². The molecule has 1 aromatic carbocycles. The van der Waals surface area contributed by atoms with Gasteiger partial charge < -0.3 is 23.7 Å². The minimum absolute atomic E-state index is 0.372. The highest BCUT2D eigenvalue weighted by atomic mass is 16.7. The third-order valence-electron chi connectivity index (χ3n) is 4.05. The zero-order valence-electron chi connectivity index (χ0n) is 12.3. The summed E-state index contributed by atoms with van der Waals surface area (Å²) in [6, 6.07) is 3.67. The lowest BCUT2D eigenvalue weighted by Crippen LogP contribution is -2.39. The van der Waals surface area contributed by atoms with Crippen molar-refractivity contribution in [2.24, 2.45) is 0 Å². The number of esters is 1. The van der Waals surface area contributed by atoms with Crippen molar-refractivity contribution >= 4 is 5.97 Å². The Labute approximate surface area is 122 Å². The maximum Gasteiger partial charge on any atom is 0.318 e. The molecule has 0 saturated carbocycles. The van der Waals surface area contributed by atoms with Gasteiger partial charge >= 0.3 is 5.97 Å². The van der Waals surface area contributed by atoms with E-state index in [0.29, 0.717) is 31.1 Å². The van der Waals surface area contributed by atoms with E-state index in [4.69, 9.17) is 23.7 Å². The molecule has 1 heterocycles. The molecule has 6 nitrogen and oxygen atoms in total. The molecule has 21 heavy (non-hydrogen) atoms. The monoisotopic (exact) mass is 294 g/mol. The Morgan fingerprint density at radius 2 is 1.76 bits per heavy atom. The zero-order chi connectivity index (χ0) is 15.0. The van der Waals surface area contributed by atoms with E-state index >= 15 is 0 Å². The SMILES string of the molecule is COC(=O)C1c2cc(OC)c(OC)cc2CC12OCCO2. The number of carbonyl (C=O) groups excluding carboxylic acids is 1. The highest BCUT2D eigenvalue weighted by Gasteiger charge is 2.55. The molecule has 2 aliphatic rings. The van der Waals surface area contributed by atoms with E-state index < -0.39 is 11.7 Å². The van der Waals surface area contributed by atoms with Gasteiger partial charge in [0.15, 0.2) is 17.3 Å². The number of hydrogen-bond donors (Lipinski definition) is 0. The molecule has 0 N–H and O–H groups in total. The minimum atomic E-state index is -0.965. The van der Waals surface area contributed by atoms with Crippen LogP contribution in [0.5, 0.6) is 11.5 Å². The topological polar surface area (TPSA) is 63.2 Å². The Hall–Kier alpha value is -1.79. The molecule has 0 bridgehead atoms. The molecular weight excluding hydrogens is 276 g/mol. The maximum absolute atomic E-state index is 12.2. The molecule has 1 aromatic rings. The summed E-state index contributed by atoms with van der Waals surface area (Å²) in [5.41, 5.74) is 1.76. The molecule has 1 fully saturated rings. The summed E-state index contributed by atoms with van der Waals surface area (Å²) in [7, 11) is 4.50. The van der Waals surface area contributed by atoms with Crippen molar-refractivity contribution in [3.8, 4) is 11.5 Å². The van der Waals surface area contributed by atoms with Crippen LogP contribution in [0.15, 0.2) is 12.1 Å².